The third kappa shape index (κ3) is 4.25. The zero-order valence-electron chi connectivity index (χ0n) is 15.3. The lowest BCUT2D eigenvalue weighted by atomic mass is 10.1. The van der Waals surface area contributed by atoms with Crippen LogP contribution in [0.2, 0.25) is 0 Å². The molecule has 3 aromatic rings. The van der Waals surface area contributed by atoms with Gasteiger partial charge in [-0.2, -0.15) is 0 Å². The van der Waals surface area contributed by atoms with Crippen molar-refractivity contribution >= 4 is 23.2 Å². The monoisotopic (exact) mass is 367 g/mol. The van der Waals surface area contributed by atoms with E-state index in [-0.39, 0.29) is 5.69 Å². The maximum Gasteiger partial charge on any atom is 0.324 e. The van der Waals surface area contributed by atoms with E-state index in [0.717, 1.165) is 24.4 Å². The topological polar surface area (TPSA) is 85.0 Å². The minimum atomic E-state index is -0.561. The van der Waals surface area contributed by atoms with Gasteiger partial charge in [-0.05, 0) is 43.7 Å². The van der Waals surface area contributed by atoms with Crippen LogP contribution in [0.1, 0.15) is 19.0 Å². The van der Waals surface area contributed by atoms with Crippen LogP contribution in [0.15, 0.2) is 48.7 Å². The molecular formula is C20H22FN5O. The fourth-order valence-electron chi connectivity index (χ4n) is 2.90. The van der Waals surface area contributed by atoms with Crippen LogP contribution >= 0.6 is 0 Å². The number of anilines is 3. The molecule has 0 bridgehead atoms. The molecule has 0 atom stereocenters. The summed E-state index contributed by atoms with van der Waals surface area (Å²) >= 11 is 0. The number of carbonyl (C=O) groups excluding carboxylic acids is 1. The van der Waals surface area contributed by atoms with Crippen molar-refractivity contribution in [3.63, 3.8) is 0 Å². The van der Waals surface area contributed by atoms with Crippen LogP contribution in [-0.4, -0.2) is 15.6 Å². The molecule has 4 N–H and O–H groups in total. The summed E-state index contributed by atoms with van der Waals surface area (Å²) in [5.74, 6) is -0.141. The number of nitrogens with one attached hydrogen (secondary N) is 2. The van der Waals surface area contributed by atoms with Crippen molar-refractivity contribution in [2.75, 3.05) is 16.4 Å². The SMILES string of the molecule is CCCn1ccc(N)c1-c1ccc(NC(=O)Nc2cccc(C)n2)c(F)c1. The number of nitrogens with two attached hydrogens (primary N) is 1. The maximum absolute atomic E-state index is 14.5. The highest BCUT2D eigenvalue weighted by Crippen LogP contribution is 2.30. The summed E-state index contributed by atoms with van der Waals surface area (Å²) in [6, 6.07) is 11.1. The number of nitrogens with zero attached hydrogens (tertiary/aromatic N) is 2. The summed E-state index contributed by atoms with van der Waals surface area (Å²) in [6.07, 6.45) is 2.83. The van der Waals surface area contributed by atoms with Gasteiger partial charge >= 0.3 is 6.03 Å². The fourth-order valence-corrected chi connectivity index (χ4v) is 2.90. The van der Waals surface area contributed by atoms with Crippen molar-refractivity contribution in [3.8, 4) is 11.3 Å². The van der Waals surface area contributed by atoms with Crippen LogP contribution in [0.3, 0.4) is 0 Å². The summed E-state index contributed by atoms with van der Waals surface area (Å²) < 4.78 is 16.5. The van der Waals surface area contributed by atoms with Gasteiger partial charge in [-0.15, -0.1) is 0 Å². The van der Waals surface area contributed by atoms with Gasteiger partial charge in [-0.1, -0.05) is 19.1 Å². The molecule has 0 spiro atoms. The number of nitrogen functional groups attached to an aromatic ring is 1. The van der Waals surface area contributed by atoms with E-state index in [1.54, 1.807) is 24.3 Å². The fraction of sp³-hybridized carbons (Fsp3) is 0.200. The lowest BCUT2D eigenvalue weighted by Crippen LogP contribution is -2.20. The lowest BCUT2D eigenvalue weighted by Gasteiger charge is -2.12. The van der Waals surface area contributed by atoms with Crippen LogP contribution in [0.4, 0.5) is 26.4 Å². The summed E-state index contributed by atoms with van der Waals surface area (Å²) in [4.78, 5) is 16.3. The molecule has 2 amide bonds. The molecule has 0 aliphatic rings. The number of carbonyl (C=O) groups is 1. The van der Waals surface area contributed by atoms with E-state index < -0.39 is 11.8 Å². The number of aromatic nitrogens is 2. The van der Waals surface area contributed by atoms with E-state index in [4.69, 9.17) is 5.73 Å². The minimum Gasteiger partial charge on any atom is -0.397 e. The first kappa shape index (κ1) is 18.4. The minimum absolute atomic E-state index is 0.0797. The Balaban J connectivity index is 1.77. The molecule has 0 saturated heterocycles. The summed E-state index contributed by atoms with van der Waals surface area (Å²) in [5, 5.41) is 5.09. The number of hydrogen-bond acceptors (Lipinski definition) is 3. The molecule has 0 aliphatic heterocycles. The highest BCUT2D eigenvalue weighted by molar-refractivity contribution is 5.99. The van der Waals surface area contributed by atoms with Crippen LogP contribution in [0, 0.1) is 12.7 Å². The van der Waals surface area contributed by atoms with Crippen LogP contribution in [0.5, 0.6) is 0 Å². The number of urea groups is 1. The Morgan fingerprint density at radius 2 is 2.04 bits per heavy atom. The van der Waals surface area contributed by atoms with Crippen molar-refractivity contribution in [2.45, 2.75) is 26.8 Å². The second-order valence-electron chi connectivity index (χ2n) is 6.25. The zero-order valence-corrected chi connectivity index (χ0v) is 15.3. The Labute approximate surface area is 157 Å². The largest absolute Gasteiger partial charge is 0.397 e. The molecular weight excluding hydrogens is 345 g/mol. The second kappa shape index (κ2) is 7.90. The van der Waals surface area contributed by atoms with E-state index in [2.05, 4.69) is 22.5 Å². The smallest absolute Gasteiger partial charge is 0.324 e. The highest BCUT2D eigenvalue weighted by Gasteiger charge is 2.13. The van der Waals surface area contributed by atoms with Gasteiger partial charge in [0.05, 0.1) is 17.1 Å². The van der Waals surface area contributed by atoms with Crippen LogP contribution < -0.4 is 16.4 Å². The molecule has 6 nitrogen and oxygen atoms in total. The van der Waals surface area contributed by atoms with Crippen molar-refractivity contribution in [1.29, 1.82) is 0 Å². The first-order valence-corrected chi connectivity index (χ1v) is 8.74. The highest BCUT2D eigenvalue weighted by atomic mass is 19.1. The van der Waals surface area contributed by atoms with E-state index in [1.165, 1.54) is 12.1 Å². The molecule has 0 aliphatic carbocycles. The van der Waals surface area contributed by atoms with E-state index in [0.29, 0.717) is 17.1 Å². The number of halogens is 1. The van der Waals surface area contributed by atoms with Crippen molar-refractivity contribution in [1.82, 2.24) is 9.55 Å². The van der Waals surface area contributed by atoms with Gasteiger partial charge in [-0.3, -0.25) is 5.32 Å². The van der Waals surface area contributed by atoms with Gasteiger partial charge in [0.15, 0.2) is 0 Å². The number of hydrogen-bond donors (Lipinski definition) is 3. The maximum atomic E-state index is 14.5. The van der Waals surface area contributed by atoms with Crippen LogP contribution in [0.25, 0.3) is 11.3 Å². The van der Waals surface area contributed by atoms with Crippen LogP contribution in [-0.2, 0) is 6.54 Å². The Morgan fingerprint density at radius 3 is 2.74 bits per heavy atom. The third-order valence-electron chi connectivity index (χ3n) is 4.08. The molecule has 2 aromatic heterocycles. The predicted octanol–water partition coefficient (Wildman–Crippen LogP) is 4.63. The van der Waals surface area contributed by atoms with Gasteiger partial charge in [0.1, 0.15) is 11.6 Å². The number of benzene rings is 1. The average Bonchev–Trinajstić information content (AvgIpc) is 2.97. The first-order valence-electron chi connectivity index (χ1n) is 8.74. The molecule has 0 saturated carbocycles. The molecule has 0 radical (unpaired) electrons. The van der Waals surface area contributed by atoms with Gasteiger partial charge in [0, 0.05) is 24.0 Å². The molecule has 27 heavy (non-hydrogen) atoms. The number of rotatable bonds is 5. The number of aryl methyl sites for hydroxylation is 2. The van der Waals surface area contributed by atoms with Gasteiger partial charge in [-0.25, -0.2) is 14.2 Å². The zero-order chi connectivity index (χ0) is 19.4. The van der Waals surface area contributed by atoms with Crippen molar-refractivity contribution in [3.05, 3.63) is 60.2 Å². The number of pyridine rings is 1. The van der Waals surface area contributed by atoms with E-state index >= 15 is 0 Å². The quantitative estimate of drug-likeness (QED) is 0.614. The van der Waals surface area contributed by atoms with Crippen molar-refractivity contribution < 1.29 is 9.18 Å². The average molecular weight is 367 g/mol. The van der Waals surface area contributed by atoms with E-state index in [1.807, 2.05) is 23.8 Å². The first-order chi connectivity index (χ1) is 13.0. The Hall–Kier alpha value is -3.35. The molecule has 0 unspecified atom stereocenters. The summed E-state index contributed by atoms with van der Waals surface area (Å²) in [6.45, 7) is 4.68. The predicted molar refractivity (Wildman–Crippen MR) is 106 cm³/mol. The molecule has 0 fully saturated rings. The Morgan fingerprint density at radius 1 is 1.22 bits per heavy atom. The van der Waals surface area contributed by atoms with Gasteiger partial charge in [0.25, 0.3) is 0 Å². The molecule has 1 aromatic carbocycles. The standard InChI is InChI=1S/C20H22FN5O/c1-3-10-26-11-9-16(22)19(26)14-7-8-17(15(21)12-14)24-20(27)25-18-6-4-5-13(2)23-18/h4-9,11-12H,3,10,22H2,1-2H3,(H2,23,24,25,27). The Kier molecular flexibility index (Phi) is 5.40. The molecule has 3 rings (SSSR count). The molecule has 140 valence electrons. The Bertz CT molecular complexity index is 967. The van der Waals surface area contributed by atoms with Gasteiger partial charge in [0.2, 0.25) is 0 Å². The summed E-state index contributed by atoms with van der Waals surface area (Å²) in [7, 11) is 0. The normalized spacial score (nSPS) is 10.6. The van der Waals surface area contributed by atoms with Crippen molar-refractivity contribution in [2.24, 2.45) is 0 Å². The third-order valence-corrected chi connectivity index (χ3v) is 4.08. The second-order valence-corrected chi connectivity index (χ2v) is 6.25. The lowest BCUT2D eigenvalue weighted by molar-refractivity contribution is 0.262. The van der Waals surface area contributed by atoms with E-state index in [9.17, 15) is 9.18 Å². The summed E-state index contributed by atoms with van der Waals surface area (Å²) in [5.41, 5.74) is 8.92. The number of amides is 2. The molecule has 2 heterocycles. The van der Waals surface area contributed by atoms with Gasteiger partial charge < -0.3 is 15.6 Å². The molecule has 7 heteroatoms.